The van der Waals surface area contributed by atoms with Crippen molar-refractivity contribution in [2.45, 2.75) is 38.6 Å². The molecule has 0 saturated carbocycles. The number of carbonyl (C=O) groups is 1. The predicted molar refractivity (Wildman–Crippen MR) is 64.4 cm³/mol. The molecule has 1 saturated heterocycles. The molecule has 0 radical (unpaired) electrons. The molecule has 0 aromatic rings. The summed E-state index contributed by atoms with van der Waals surface area (Å²) in [6, 6.07) is 0.603. The topological polar surface area (TPSA) is 41.6 Å². The predicted octanol–water partition coefficient (Wildman–Crippen LogP) is 1.01. The zero-order valence-corrected chi connectivity index (χ0v) is 10.5. The third-order valence-corrected chi connectivity index (χ3v) is 3.20. The minimum Gasteiger partial charge on any atom is -0.469 e. The Morgan fingerprint density at radius 1 is 1.50 bits per heavy atom. The fraction of sp³-hybridized carbons (Fsp3) is 0.917. The Labute approximate surface area is 98.3 Å². The van der Waals surface area contributed by atoms with Crippen molar-refractivity contribution >= 4 is 5.97 Å². The normalized spacial score (nSPS) is 21.1. The molecule has 1 rings (SSSR count). The highest BCUT2D eigenvalue weighted by atomic mass is 16.5. The first-order chi connectivity index (χ1) is 7.76. The van der Waals surface area contributed by atoms with Gasteiger partial charge in [-0.05, 0) is 25.9 Å². The molecule has 1 unspecified atom stereocenters. The highest BCUT2D eigenvalue weighted by Gasteiger charge is 2.16. The molecule has 1 N–H and O–H groups in total. The zero-order valence-electron chi connectivity index (χ0n) is 10.5. The van der Waals surface area contributed by atoms with E-state index >= 15 is 0 Å². The van der Waals surface area contributed by atoms with Gasteiger partial charge in [0.1, 0.15) is 0 Å². The monoisotopic (exact) mass is 228 g/mol. The van der Waals surface area contributed by atoms with Crippen LogP contribution in [0, 0.1) is 0 Å². The first-order valence-corrected chi connectivity index (χ1v) is 6.28. The van der Waals surface area contributed by atoms with E-state index in [4.69, 9.17) is 0 Å². The molecule has 4 nitrogen and oxygen atoms in total. The van der Waals surface area contributed by atoms with E-state index in [9.17, 15) is 4.79 Å². The molecule has 16 heavy (non-hydrogen) atoms. The second-order valence-electron chi connectivity index (χ2n) is 4.37. The van der Waals surface area contributed by atoms with Crippen LogP contribution in [-0.4, -0.2) is 50.2 Å². The summed E-state index contributed by atoms with van der Waals surface area (Å²) in [6.45, 7) is 6.13. The molecule has 0 aromatic carbocycles. The second kappa shape index (κ2) is 7.63. The number of hydrogen-bond donors (Lipinski definition) is 1. The van der Waals surface area contributed by atoms with Crippen molar-refractivity contribution in [1.29, 1.82) is 0 Å². The summed E-state index contributed by atoms with van der Waals surface area (Å²) in [5, 5.41) is 3.53. The average Bonchev–Trinajstić information content (AvgIpc) is 2.35. The van der Waals surface area contributed by atoms with Gasteiger partial charge in [-0.3, -0.25) is 4.79 Å². The molecular formula is C12H24N2O2. The van der Waals surface area contributed by atoms with E-state index in [-0.39, 0.29) is 5.97 Å². The van der Waals surface area contributed by atoms with E-state index in [0.29, 0.717) is 12.5 Å². The molecule has 94 valence electrons. The van der Waals surface area contributed by atoms with Crippen molar-refractivity contribution in [3.63, 3.8) is 0 Å². The van der Waals surface area contributed by atoms with Crippen molar-refractivity contribution < 1.29 is 9.53 Å². The lowest BCUT2D eigenvalue weighted by Gasteiger charge is -2.29. The minimum atomic E-state index is -0.116. The SMILES string of the molecule is CCN(CCC(=O)OC)CC1CCCCN1. The van der Waals surface area contributed by atoms with Gasteiger partial charge in [-0.25, -0.2) is 0 Å². The highest BCUT2D eigenvalue weighted by Crippen LogP contribution is 2.08. The summed E-state index contributed by atoms with van der Waals surface area (Å²) >= 11 is 0. The van der Waals surface area contributed by atoms with Gasteiger partial charge in [0.05, 0.1) is 13.5 Å². The van der Waals surface area contributed by atoms with Gasteiger partial charge >= 0.3 is 5.97 Å². The van der Waals surface area contributed by atoms with Crippen LogP contribution in [0.2, 0.25) is 0 Å². The first-order valence-electron chi connectivity index (χ1n) is 6.28. The van der Waals surface area contributed by atoms with Crippen LogP contribution in [0.1, 0.15) is 32.6 Å². The molecular weight excluding hydrogens is 204 g/mol. The molecule has 4 heteroatoms. The van der Waals surface area contributed by atoms with Crippen molar-refractivity contribution in [3.8, 4) is 0 Å². The van der Waals surface area contributed by atoms with Crippen molar-refractivity contribution in [2.75, 3.05) is 33.3 Å². The van der Waals surface area contributed by atoms with E-state index < -0.39 is 0 Å². The lowest BCUT2D eigenvalue weighted by molar-refractivity contribution is -0.141. The molecule has 1 aliphatic rings. The van der Waals surface area contributed by atoms with Crippen LogP contribution < -0.4 is 5.32 Å². The molecule has 0 amide bonds. The number of nitrogens with zero attached hydrogens (tertiary/aromatic N) is 1. The maximum Gasteiger partial charge on any atom is 0.306 e. The molecule has 0 aliphatic carbocycles. The van der Waals surface area contributed by atoms with E-state index in [1.165, 1.54) is 26.4 Å². The molecule has 1 heterocycles. The van der Waals surface area contributed by atoms with E-state index in [0.717, 1.165) is 26.2 Å². The first kappa shape index (κ1) is 13.5. The van der Waals surface area contributed by atoms with Crippen LogP contribution in [0.15, 0.2) is 0 Å². The smallest absolute Gasteiger partial charge is 0.306 e. The van der Waals surface area contributed by atoms with Gasteiger partial charge in [-0.2, -0.15) is 0 Å². The number of methoxy groups -OCH3 is 1. The Bertz CT molecular complexity index is 203. The minimum absolute atomic E-state index is 0.116. The maximum atomic E-state index is 11.1. The summed E-state index contributed by atoms with van der Waals surface area (Å²) < 4.78 is 4.65. The number of nitrogens with one attached hydrogen (secondary N) is 1. The van der Waals surface area contributed by atoms with E-state index in [1.807, 2.05) is 0 Å². The average molecular weight is 228 g/mol. The molecule has 0 spiro atoms. The Hall–Kier alpha value is -0.610. The van der Waals surface area contributed by atoms with E-state index in [2.05, 4.69) is 21.9 Å². The summed E-state index contributed by atoms with van der Waals surface area (Å²) in [5.41, 5.74) is 0. The van der Waals surface area contributed by atoms with Gasteiger partial charge in [-0.15, -0.1) is 0 Å². The van der Waals surface area contributed by atoms with Gasteiger partial charge < -0.3 is 15.0 Å². The van der Waals surface area contributed by atoms with Crippen LogP contribution in [0.25, 0.3) is 0 Å². The van der Waals surface area contributed by atoms with Crippen LogP contribution in [0.3, 0.4) is 0 Å². The molecule has 1 atom stereocenters. The van der Waals surface area contributed by atoms with Gasteiger partial charge in [-0.1, -0.05) is 13.3 Å². The molecule has 0 bridgehead atoms. The third kappa shape index (κ3) is 4.94. The number of piperidine rings is 1. The number of carbonyl (C=O) groups excluding carboxylic acids is 1. The number of hydrogen-bond acceptors (Lipinski definition) is 4. The van der Waals surface area contributed by atoms with Crippen LogP contribution in [0.4, 0.5) is 0 Å². The van der Waals surface area contributed by atoms with Crippen molar-refractivity contribution in [2.24, 2.45) is 0 Å². The fourth-order valence-electron chi connectivity index (χ4n) is 2.12. The van der Waals surface area contributed by atoms with Crippen LogP contribution >= 0.6 is 0 Å². The summed E-state index contributed by atoms with van der Waals surface area (Å²) in [6.07, 6.45) is 4.38. The second-order valence-corrected chi connectivity index (χ2v) is 4.37. The van der Waals surface area contributed by atoms with E-state index in [1.54, 1.807) is 0 Å². The zero-order chi connectivity index (χ0) is 11.8. The van der Waals surface area contributed by atoms with Gasteiger partial charge in [0, 0.05) is 19.1 Å². The summed E-state index contributed by atoms with van der Waals surface area (Å²) in [5.74, 6) is -0.116. The van der Waals surface area contributed by atoms with Gasteiger partial charge in [0.25, 0.3) is 0 Å². The number of rotatable bonds is 6. The van der Waals surface area contributed by atoms with Crippen molar-refractivity contribution in [3.05, 3.63) is 0 Å². The van der Waals surface area contributed by atoms with Crippen LogP contribution in [-0.2, 0) is 9.53 Å². The Morgan fingerprint density at radius 2 is 2.31 bits per heavy atom. The van der Waals surface area contributed by atoms with Gasteiger partial charge in [0.2, 0.25) is 0 Å². The standard InChI is InChI=1S/C12H24N2O2/c1-3-14(9-7-12(15)16-2)10-11-6-4-5-8-13-11/h11,13H,3-10H2,1-2H3. The fourth-order valence-corrected chi connectivity index (χ4v) is 2.12. The number of ether oxygens (including phenoxy) is 1. The lowest BCUT2D eigenvalue weighted by Crippen LogP contribution is -2.44. The van der Waals surface area contributed by atoms with Gasteiger partial charge in [0.15, 0.2) is 0 Å². The lowest BCUT2D eigenvalue weighted by atomic mass is 10.0. The Balaban J connectivity index is 2.22. The largest absolute Gasteiger partial charge is 0.469 e. The molecule has 0 aromatic heterocycles. The van der Waals surface area contributed by atoms with Crippen LogP contribution in [0.5, 0.6) is 0 Å². The quantitative estimate of drug-likeness (QED) is 0.689. The third-order valence-electron chi connectivity index (χ3n) is 3.20. The van der Waals surface area contributed by atoms with Crippen molar-refractivity contribution in [1.82, 2.24) is 10.2 Å². The molecule has 1 fully saturated rings. The molecule has 1 aliphatic heterocycles. The highest BCUT2D eigenvalue weighted by molar-refractivity contribution is 5.69. The summed E-state index contributed by atoms with van der Waals surface area (Å²) in [4.78, 5) is 13.4. The Kier molecular flexibility index (Phi) is 6.42. The summed E-state index contributed by atoms with van der Waals surface area (Å²) in [7, 11) is 1.45. The number of likely N-dealkylation sites (N-methyl/N-ethyl adjacent to an activating group) is 1. The maximum absolute atomic E-state index is 11.1. The number of esters is 1. The Morgan fingerprint density at radius 3 is 2.88 bits per heavy atom.